The Morgan fingerprint density at radius 2 is 1.31 bits per heavy atom. The average Bonchev–Trinajstić information content (AvgIpc) is 2.82. The molecule has 1 fully saturated rings. The quantitative estimate of drug-likeness (QED) is 0.320. The smallest absolute Gasteiger partial charge is 0.303 e. The van der Waals surface area contributed by atoms with Gasteiger partial charge in [0.25, 0.3) is 0 Å². The number of hydrogen-bond donors (Lipinski definition) is 0. The molecule has 3 rings (SSSR count). The fraction of sp³-hybridized carbons (Fsp3) is 0.320. The van der Waals surface area contributed by atoms with Crippen molar-refractivity contribution in [1.29, 1.82) is 5.26 Å². The SMILES string of the molecule is CC(=O)O[C@@H]1[C@@H](OC(C)=O)[C@@H](Oc2ccc(C(=O)c3ccc(C#N)cc3)cc2)SC[C@H]1OC(C)=O. The normalized spacial score (nSPS) is 21.2. The highest BCUT2D eigenvalue weighted by atomic mass is 32.2. The Bertz CT molecular complexity index is 1140. The second-order valence-electron chi connectivity index (χ2n) is 7.66. The van der Waals surface area contributed by atoms with Gasteiger partial charge in [0.05, 0.1) is 11.6 Å². The van der Waals surface area contributed by atoms with E-state index >= 15 is 0 Å². The third kappa shape index (κ3) is 6.83. The molecule has 1 aliphatic heterocycles. The highest BCUT2D eigenvalue weighted by molar-refractivity contribution is 7.99. The largest absolute Gasteiger partial charge is 0.476 e. The Morgan fingerprint density at radius 1 is 0.800 bits per heavy atom. The number of carbonyl (C=O) groups excluding carboxylic acids is 4. The fourth-order valence-electron chi connectivity index (χ4n) is 3.49. The third-order valence-electron chi connectivity index (χ3n) is 4.95. The molecule has 182 valence electrons. The van der Waals surface area contributed by atoms with E-state index in [1.807, 2.05) is 6.07 Å². The van der Waals surface area contributed by atoms with E-state index in [9.17, 15) is 19.2 Å². The molecule has 2 aromatic rings. The maximum absolute atomic E-state index is 12.7. The van der Waals surface area contributed by atoms with E-state index in [0.717, 1.165) is 0 Å². The molecule has 0 radical (unpaired) electrons. The highest BCUT2D eigenvalue weighted by Crippen LogP contribution is 2.34. The van der Waals surface area contributed by atoms with Gasteiger partial charge in [0.1, 0.15) is 5.75 Å². The molecule has 1 heterocycles. The van der Waals surface area contributed by atoms with Crippen molar-refractivity contribution in [3.63, 3.8) is 0 Å². The summed E-state index contributed by atoms with van der Waals surface area (Å²) in [6, 6.07) is 14.7. The van der Waals surface area contributed by atoms with Gasteiger partial charge in [0.15, 0.2) is 29.5 Å². The minimum absolute atomic E-state index is 0.218. The van der Waals surface area contributed by atoms with E-state index < -0.39 is 41.7 Å². The van der Waals surface area contributed by atoms with Crippen molar-refractivity contribution in [2.45, 2.75) is 44.5 Å². The number of nitriles is 1. The van der Waals surface area contributed by atoms with E-state index in [2.05, 4.69) is 0 Å². The number of rotatable bonds is 7. The van der Waals surface area contributed by atoms with Crippen LogP contribution in [0.15, 0.2) is 48.5 Å². The first-order chi connectivity index (χ1) is 16.7. The molecule has 1 aliphatic rings. The van der Waals surface area contributed by atoms with E-state index in [0.29, 0.717) is 22.4 Å². The summed E-state index contributed by atoms with van der Waals surface area (Å²) in [6.45, 7) is 3.65. The maximum atomic E-state index is 12.7. The summed E-state index contributed by atoms with van der Waals surface area (Å²) in [6.07, 6.45) is -2.92. The summed E-state index contributed by atoms with van der Waals surface area (Å²) in [7, 11) is 0. The van der Waals surface area contributed by atoms with Crippen LogP contribution in [0.25, 0.3) is 0 Å². The summed E-state index contributed by atoms with van der Waals surface area (Å²) in [4.78, 5) is 47.7. The molecular formula is C25H23NO8S. The Kier molecular flexibility index (Phi) is 8.49. The van der Waals surface area contributed by atoms with E-state index in [1.165, 1.54) is 32.5 Å². The van der Waals surface area contributed by atoms with Crippen LogP contribution in [0.1, 0.15) is 42.3 Å². The lowest BCUT2D eigenvalue weighted by Gasteiger charge is -2.39. The molecule has 0 unspecified atom stereocenters. The number of ether oxygens (including phenoxy) is 4. The molecule has 9 nitrogen and oxygen atoms in total. The van der Waals surface area contributed by atoms with Crippen LogP contribution in [0.5, 0.6) is 5.75 Å². The summed E-state index contributed by atoms with van der Waals surface area (Å²) < 4.78 is 22.0. The first-order valence-electron chi connectivity index (χ1n) is 10.6. The highest BCUT2D eigenvalue weighted by Gasteiger charge is 2.47. The van der Waals surface area contributed by atoms with Crippen molar-refractivity contribution in [3.8, 4) is 11.8 Å². The van der Waals surface area contributed by atoms with Gasteiger partial charge in [-0.15, -0.1) is 11.8 Å². The lowest BCUT2D eigenvalue weighted by Crippen LogP contribution is -2.55. The van der Waals surface area contributed by atoms with Crippen LogP contribution in [-0.2, 0) is 28.6 Å². The van der Waals surface area contributed by atoms with Gasteiger partial charge in [-0.05, 0) is 48.5 Å². The molecule has 1 saturated heterocycles. The second-order valence-corrected chi connectivity index (χ2v) is 8.79. The first kappa shape index (κ1) is 25.8. The van der Waals surface area contributed by atoms with Gasteiger partial charge < -0.3 is 18.9 Å². The number of ketones is 1. The van der Waals surface area contributed by atoms with Gasteiger partial charge in [-0.2, -0.15) is 5.26 Å². The monoisotopic (exact) mass is 497 g/mol. The molecule has 0 amide bonds. The topological polar surface area (TPSA) is 129 Å². The number of benzene rings is 2. The van der Waals surface area contributed by atoms with E-state index in [-0.39, 0.29) is 11.5 Å². The van der Waals surface area contributed by atoms with Crippen molar-refractivity contribution in [2.24, 2.45) is 0 Å². The van der Waals surface area contributed by atoms with Crippen molar-refractivity contribution < 1.29 is 38.1 Å². The summed E-state index contributed by atoms with van der Waals surface area (Å²) >= 11 is 1.24. The van der Waals surface area contributed by atoms with Crippen molar-refractivity contribution in [1.82, 2.24) is 0 Å². The lowest BCUT2D eigenvalue weighted by molar-refractivity contribution is -0.186. The Labute approximate surface area is 206 Å². The molecule has 10 heteroatoms. The van der Waals surface area contributed by atoms with E-state index in [1.54, 1.807) is 48.5 Å². The van der Waals surface area contributed by atoms with Crippen molar-refractivity contribution in [3.05, 3.63) is 65.2 Å². The molecule has 0 saturated carbocycles. The van der Waals surface area contributed by atoms with Gasteiger partial charge in [0, 0.05) is 37.7 Å². The van der Waals surface area contributed by atoms with Crippen LogP contribution in [-0.4, -0.2) is 53.2 Å². The zero-order valence-corrected chi connectivity index (χ0v) is 20.1. The molecule has 0 N–H and O–H groups in total. The predicted molar refractivity (Wildman–Crippen MR) is 125 cm³/mol. The predicted octanol–water partition coefficient (Wildman–Crippen LogP) is 3.04. The lowest BCUT2D eigenvalue weighted by atomic mass is 10.0. The Hall–Kier alpha value is -3.84. The number of hydrogen-bond acceptors (Lipinski definition) is 10. The minimum atomic E-state index is -1.05. The van der Waals surface area contributed by atoms with Crippen molar-refractivity contribution >= 4 is 35.5 Å². The number of nitrogens with zero attached hydrogens (tertiary/aromatic N) is 1. The van der Waals surface area contributed by atoms with Gasteiger partial charge in [-0.25, -0.2) is 0 Å². The van der Waals surface area contributed by atoms with Crippen LogP contribution < -0.4 is 4.74 Å². The van der Waals surface area contributed by atoms with Crippen molar-refractivity contribution in [2.75, 3.05) is 5.75 Å². The Morgan fingerprint density at radius 3 is 1.83 bits per heavy atom. The van der Waals surface area contributed by atoms with Gasteiger partial charge in [0.2, 0.25) is 0 Å². The minimum Gasteiger partial charge on any atom is -0.476 e. The number of esters is 3. The number of thioether (sulfide) groups is 1. The number of carbonyl (C=O) groups is 4. The van der Waals surface area contributed by atoms with Crippen LogP contribution in [0, 0.1) is 11.3 Å². The molecule has 0 spiro atoms. The van der Waals surface area contributed by atoms with Crippen LogP contribution >= 0.6 is 11.8 Å². The average molecular weight is 498 g/mol. The van der Waals surface area contributed by atoms with E-state index in [4.69, 9.17) is 24.2 Å². The summed E-state index contributed by atoms with van der Waals surface area (Å²) in [5.41, 5.74) is 0.550. The second kappa shape index (κ2) is 11.5. The summed E-state index contributed by atoms with van der Waals surface area (Å²) in [5, 5.41) is 8.90. The maximum Gasteiger partial charge on any atom is 0.303 e. The zero-order chi connectivity index (χ0) is 25.5. The standard InChI is InChI=1S/C25H23NO8S/c1-14(27)31-21-13-35-25(24(33-16(3)29)23(21)32-15(2)28)34-20-10-8-19(9-11-20)22(30)18-6-4-17(12-26)5-7-18/h4-11,21,23-25H,13H2,1-3H3/t21-,23+,24-,25+/m1/s1. The summed E-state index contributed by atoms with van der Waals surface area (Å²) in [5.74, 6) is -1.38. The van der Waals surface area contributed by atoms with Crippen LogP contribution in [0.3, 0.4) is 0 Å². The Balaban J connectivity index is 1.78. The zero-order valence-electron chi connectivity index (χ0n) is 19.3. The fourth-order valence-corrected chi connectivity index (χ4v) is 4.71. The molecule has 0 aromatic heterocycles. The molecule has 4 atom stereocenters. The first-order valence-corrected chi connectivity index (χ1v) is 11.7. The molecular weight excluding hydrogens is 474 g/mol. The molecule has 0 bridgehead atoms. The van der Waals surface area contributed by atoms with Crippen LogP contribution in [0.2, 0.25) is 0 Å². The molecule has 35 heavy (non-hydrogen) atoms. The van der Waals surface area contributed by atoms with Gasteiger partial charge in [-0.1, -0.05) is 0 Å². The van der Waals surface area contributed by atoms with Crippen LogP contribution in [0.4, 0.5) is 0 Å². The van der Waals surface area contributed by atoms with Gasteiger partial charge in [-0.3, -0.25) is 19.2 Å². The third-order valence-corrected chi connectivity index (χ3v) is 6.16. The molecule has 2 aromatic carbocycles. The molecule has 0 aliphatic carbocycles. The van der Waals surface area contributed by atoms with Gasteiger partial charge >= 0.3 is 17.9 Å².